The van der Waals surface area contributed by atoms with Gasteiger partial charge in [-0.25, -0.2) is 4.39 Å². The van der Waals surface area contributed by atoms with Gasteiger partial charge in [-0.15, -0.1) is 0 Å². The van der Waals surface area contributed by atoms with Crippen molar-refractivity contribution in [3.05, 3.63) is 35.6 Å². The third-order valence-electron chi connectivity index (χ3n) is 3.86. The Morgan fingerprint density at radius 1 is 1.20 bits per heavy atom. The smallest absolute Gasteiger partial charge is 0.242 e. The average molecular weight is 352 g/mol. The molecule has 1 rings (SSSR count). The Morgan fingerprint density at radius 2 is 1.84 bits per heavy atom. The van der Waals surface area contributed by atoms with Gasteiger partial charge in [0.15, 0.2) is 0 Å². The van der Waals surface area contributed by atoms with Crippen LogP contribution in [0.15, 0.2) is 24.3 Å². The summed E-state index contributed by atoms with van der Waals surface area (Å²) in [6.45, 7) is 9.24. The van der Waals surface area contributed by atoms with Gasteiger partial charge in [0, 0.05) is 32.2 Å². The topological polar surface area (TPSA) is 58.6 Å². The molecule has 25 heavy (non-hydrogen) atoms. The summed E-state index contributed by atoms with van der Waals surface area (Å²) in [4.78, 5) is 26.4. The summed E-state index contributed by atoms with van der Waals surface area (Å²) >= 11 is 0. The first-order valence-electron chi connectivity index (χ1n) is 8.77. The van der Waals surface area contributed by atoms with Crippen LogP contribution in [0, 0.1) is 11.7 Å². The maximum atomic E-state index is 13.1. The predicted molar refractivity (Wildman–Crippen MR) is 95.4 cm³/mol. The van der Waals surface area contributed by atoms with E-state index < -0.39 is 6.04 Å². The lowest BCUT2D eigenvalue weighted by atomic mass is 10.1. The first-order valence-corrected chi connectivity index (χ1v) is 8.77. The molecule has 140 valence electrons. The second-order valence-electron chi connectivity index (χ2n) is 6.26. The molecule has 2 amide bonds. The summed E-state index contributed by atoms with van der Waals surface area (Å²) < 4.78 is 18.3. The molecular formula is C19H29FN2O3. The van der Waals surface area contributed by atoms with E-state index in [1.807, 2.05) is 6.92 Å². The molecule has 0 aliphatic carbocycles. The number of benzene rings is 1. The van der Waals surface area contributed by atoms with Crippen molar-refractivity contribution in [3.63, 3.8) is 0 Å². The van der Waals surface area contributed by atoms with Gasteiger partial charge in [0.2, 0.25) is 11.8 Å². The molecule has 0 aliphatic rings. The molecule has 0 heterocycles. The van der Waals surface area contributed by atoms with Crippen LogP contribution >= 0.6 is 0 Å². The van der Waals surface area contributed by atoms with Gasteiger partial charge in [-0.2, -0.15) is 0 Å². The number of hydrogen-bond acceptors (Lipinski definition) is 3. The van der Waals surface area contributed by atoms with Crippen molar-refractivity contribution in [3.8, 4) is 0 Å². The van der Waals surface area contributed by atoms with E-state index in [4.69, 9.17) is 4.74 Å². The molecule has 0 fully saturated rings. The van der Waals surface area contributed by atoms with Crippen molar-refractivity contribution in [2.45, 2.75) is 46.7 Å². The number of hydrogen-bond donors (Lipinski definition) is 1. The molecule has 0 spiro atoms. The van der Waals surface area contributed by atoms with E-state index in [2.05, 4.69) is 5.32 Å². The van der Waals surface area contributed by atoms with Gasteiger partial charge in [0.25, 0.3) is 0 Å². The molecule has 0 bridgehead atoms. The standard InChI is InChI=1S/C19H29FN2O3/c1-5-25-12-6-11-21-18(23)15(4)22(19(24)14(2)3)13-16-7-9-17(20)10-8-16/h7-10,14-15H,5-6,11-13H2,1-4H3,(H,21,23)/t15-/m0/s1. The van der Waals surface area contributed by atoms with E-state index in [1.165, 1.54) is 17.0 Å². The minimum Gasteiger partial charge on any atom is -0.382 e. The number of ether oxygens (including phenoxy) is 1. The van der Waals surface area contributed by atoms with Crippen LogP contribution in [0.2, 0.25) is 0 Å². The van der Waals surface area contributed by atoms with E-state index in [-0.39, 0.29) is 30.1 Å². The lowest BCUT2D eigenvalue weighted by Gasteiger charge is -2.30. The zero-order valence-electron chi connectivity index (χ0n) is 15.5. The first-order chi connectivity index (χ1) is 11.9. The van der Waals surface area contributed by atoms with Crippen molar-refractivity contribution in [1.29, 1.82) is 0 Å². The summed E-state index contributed by atoms with van der Waals surface area (Å²) in [5.74, 6) is -0.867. The number of carbonyl (C=O) groups is 2. The molecule has 0 radical (unpaired) electrons. The molecule has 1 aromatic carbocycles. The van der Waals surface area contributed by atoms with Crippen molar-refractivity contribution in [2.24, 2.45) is 5.92 Å². The van der Waals surface area contributed by atoms with Gasteiger partial charge in [0.1, 0.15) is 11.9 Å². The third-order valence-corrected chi connectivity index (χ3v) is 3.86. The highest BCUT2D eigenvalue weighted by Crippen LogP contribution is 2.13. The summed E-state index contributed by atoms with van der Waals surface area (Å²) in [6.07, 6.45) is 0.725. The third kappa shape index (κ3) is 7.22. The zero-order chi connectivity index (χ0) is 18.8. The molecular weight excluding hydrogens is 323 g/mol. The number of nitrogens with one attached hydrogen (secondary N) is 1. The Hall–Kier alpha value is -1.95. The second kappa shape index (κ2) is 10.8. The fraction of sp³-hybridized carbons (Fsp3) is 0.579. The molecule has 6 heteroatoms. The van der Waals surface area contributed by atoms with Crippen LogP contribution in [0.4, 0.5) is 4.39 Å². The molecule has 0 aromatic heterocycles. The largest absolute Gasteiger partial charge is 0.382 e. The molecule has 0 saturated carbocycles. The van der Waals surface area contributed by atoms with E-state index in [0.29, 0.717) is 19.8 Å². The van der Waals surface area contributed by atoms with Crippen molar-refractivity contribution >= 4 is 11.8 Å². The van der Waals surface area contributed by atoms with Gasteiger partial charge >= 0.3 is 0 Å². The van der Waals surface area contributed by atoms with E-state index in [1.54, 1.807) is 32.9 Å². The number of nitrogens with zero attached hydrogens (tertiary/aromatic N) is 1. The Balaban J connectivity index is 2.72. The second-order valence-corrected chi connectivity index (χ2v) is 6.26. The average Bonchev–Trinajstić information content (AvgIpc) is 2.59. The monoisotopic (exact) mass is 352 g/mol. The Morgan fingerprint density at radius 3 is 2.40 bits per heavy atom. The van der Waals surface area contributed by atoms with Gasteiger partial charge in [-0.3, -0.25) is 9.59 Å². The molecule has 0 saturated heterocycles. The van der Waals surface area contributed by atoms with Crippen LogP contribution in [-0.4, -0.2) is 42.5 Å². The van der Waals surface area contributed by atoms with Gasteiger partial charge in [-0.05, 0) is 38.0 Å². The van der Waals surface area contributed by atoms with Crippen molar-refractivity contribution in [1.82, 2.24) is 10.2 Å². The molecule has 1 N–H and O–H groups in total. The lowest BCUT2D eigenvalue weighted by Crippen LogP contribution is -2.49. The molecule has 1 aromatic rings. The molecule has 1 atom stereocenters. The van der Waals surface area contributed by atoms with Crippen LogP contribution in [0.1, 0.15) is 39.7 Å². The van der Waals surface area contributed by atoms with E-state index in [9.17, 15) is 14.0 Å². The number of halogens is 1. The summed E-state index contributed by atoms with van der Waals surface area (Å²) in [5.41, 5.74) is 0.784. The highest BCUT2D eigenvalue weighted by Gasteiger charge is 2.27. The Kier molecular flexibility index (Phi) is 9.13. The van der Waals surface area contributed by atoms with Crippen molar-refractivity contribution in [2.75, 3.05) is 19.8 Å². The van der Waals surface area contributed by atoms with Gasteiger partial charge in [-0.1, -0.05) is 26.0 Å². The quantitative estimate of drug-likeness (QED) is 0.659. The molecule has 0 unspecified atom stereocenters. The number of rotatable bonds is 10. The molecule has 5 nitrogen and oxygen atoms in total. The van der Waals surface area contributed by atoms with E-state index >= 15 is 0 Å². The lowest BCUT2D eigenvalue weighted by molar-refractivity contribution is -0.143. The zero-order valence-corrected chi connectivity index (χ0v) is 15.5. The van der Waals surface area contributed by atoms with Crippen LogP contribution in [0.3, 0.4) is 0 Å². The normalized spacial score (nSPS) is 12.1. The van der Waals surface area contributed by atoms with Crippen LogP contribution in [0.25, 0.3) is 0 Å². The fourth-order valence-electron chi connectivity index (χ4n) is 2.34. The summed E-state index contributed by atoms with van der Waals surface area (Å²) in [5, 5.41) is 2.84. The first kappa shape index (κ1) is 21.1. The highest BCUT2D eigenvalue weighted by molar-refractivity contribution is 5.88. The number of amides is 2. The minimum atomic E-state index is -0.605. The number of carbonyl (C=O) groups excluding carboxylic acids is 2. The molecule has 0 aliphatic heterocycles. The summed E-state index contributed by atoms with van der Waals surface area (Å²) in [7, 11) is 0. The Bertz CT molecular complexity index is 546. The maximum Gasteiger partial charge on any atom is 0.242 e. The van der Waals surface area contributed by atoms with Crippen LogP contribution in [0.5, 0.6) is 0 Å². The predicted octanol–water partition coefficient (Wildman–Crippen LogP) is 2.74. The van der Waals surface area contributed by atoms with Crippen LogP contribution < -0.4 is 5.32 Å². The maximum absolute atomic E-state index is 13.1. The summed E-state index contributed by atoms with van der Waals surface area (Å²) in [6, 6.07) is 5.36. The van der Waals surface area contributed by atoms with E-state index in [0.717, 1.165) is 12.0 Å². The van der Waals surface area contributed by atoms with Gasteiger partial charge < -0.3 is 15.0 Å². The fourth-order valence-corrected chi connectivity index (χ4v) is 2.34. The minimum absolute atomic E-state index is 0.110. The van der Waals surface area contributed by atoms with Gasteiger partial charge in [0.05, 0.1) is 0 Å². The van der Waals surface area contributed by atoms with Crippen LogP contribution in [-0.2, 0) is 20.9 Å². The SMILES string of the molecule is CCOCCCNC(=O)[C@H](C)N(Cc1ccc(F)cc1)C(=O)C(C)C. The highest BCUT2D eigenvalue weighted by atomic mass is 19.1. The van der Waals surface area contributed by atoms with Crippen molar-refractivity contribution < 1.29 is 18.7 Å². The Labute approximate surface area is 149 Å².